The Morgan fingerprint density at radius 1 is 1.08 bits per heavy atom. The summed E-state index contributed by atoms with van der Waals surface area (Å²) in [6, 6.07) is 7.70. The zero-order chi connectivity index (χ0) is 18.8. The van der Waals surface area contributed by atoms with Crippen molar-refractivity contribution in [3.63, 3.8) is 0 Å². The third-order valence-corrected chi connectivity index (χ3v) is 4.01. The summed E-state index contributed by atoms with van der Waals surface area (Å²) in [5.74, 6) is 1.35. The predicted octanol–water partition coefficient (Wildman–Crippen LogP) is 3.28. The van der Waals surface area contributed by atoms with Crippen LogP contribution in [0.5, 0.6) is 11.5 Å². The van der Waals surface area contributed by atoms with Crippen LogP contribution in [0.4, 0.5) is 5.69 Å². The number of nitrogens with zero attached hydrogens (tertiary/aromatic N) is 1. The molecular formula is C20H27N3O3. The van der Waals surface area contributed by atoms with Gasteiger partial charge in [-0.05, 0) is 36.6 Å². The number of hydrogen-bond donors (Lipinski definition) is 2. The Hall–Kier alpha value is -2.76. The highest BCUT2D eigenvalue weighted by molar-refractivity contribution is 5.94. The van der Waals surface area contributed by atoms with E-state index in [0.29, 0.717) is 12.1 Å². The van der Waals surface area contributed by atoms with E-state index in [0.717, 1.165) is 48.6 Å². The molecule has 0 atom stereocenters. The molecule has 0 fully saturated rings. The number of aromatic nitrogens is 1. The lowest BCUT2D eigenvalue weighted by atomic mass is 10.1. The molecule has 2 aromatic rings. The van der Waals surface area contributed by atoms with Crippen LogP contribution in [0.2, 0.25) is 0 Å². The van der Waals surface area contributed by atoms with E-state index < -0.39 is 0 Å². The number of ether oxygens (including phenoxy) is 2. The summed E-state index contributed by atoms with van der Waals surface area (Å²) in [6.07, 6.45) is 6.14. The SMILES string of the molecule is CCCCNC(=O)c1cncc(NCCc2ccc(OC)c(OC)c2)c1. The molecule has 0 radical (unpaired) electrons. The van der Waals surface area contributed by atoms with Crippen molar-refractivity contribution in [1.29, 1.82) is 0 Å². The van der Waals surface area contributed by atoms with Gasteiger partial charge in [0.05, 0.1) is 25.5 Å². The molecule has 140 valence electrons. The van der Waals surface area contributed by atoms with E-state index in [9.17, 15) is 4.79 Å². The molecule has 1 amide bonds. The quantitative estimate of drug-likeness (QED) is 0.639. The molecule has 0 aliphatic rings. The largest absolute Gasteiger partial charge is 0.493 e. The van der Waals surface area contributed by atoms with Gasteiger partial charge in [0, 0.05) is 25.5 Å². The summed E-state index contributed by atoms with van der Waals surface area (Å²) in [4.78, 5) is 16.2. The second kappa shape index (κ2) is 10.3. The van der Waals surface area contributed by atoms with Crippen LogP contribution in [0.1, 0.15) is 35.7 Å². The van der Waals surface area contributed by atoms with Crippen molar-refractivity contribution in [1.82, 2.24) is 10.3 Å². The zero-order valence-corrected chi connectivity index (χ0v) is 15.7. The van der Waals surface area contributed by atoms with Gasteiger partial charge in [-0.2, -0.15) is 0 Å². The Balaban J connectivity index is 1.90. The number of pyridine rings is 1. The van der Waals surface area contributed by atoms with Crippen molar-refractivity contribution >= 4 is 11.6 Å². The normalized spacial score (nSPS) is 10.3. The number of carbonyl (C=O) groups excluding carboxylic acids is 1. The summed E-state index contributed by atoms with van der Waals surface area (Å²) in [7, 11) is 3.25. The van der Waals surface area contributed by atoms with Crippen molar-refractivity contribution < 1.29 is 14.3 Å². The van der Waals surface area contributed by atoms with Crippen LogP contribution in [0.25, 0.3) is 0 Å². The van der Waals surface area contributed by atoms with Gasteiger partial charge in [-0.15, -0.1) is 0 Å². The minimum Gasteiger partial charge on any atom is -0.493 e. The average molecular weight is 357 g/mol. The number of benzene rings is 1. The lowest BCUT2D eigenvalue weighted by Crippen LogP contribution is -2.24. The van der Waals surface area contributed by atoms with Crippen LogP contribution in [-0.4, -0.2) is 38.2 Å². The lowest BCUT2D eigenvalue weighted by molar-refractivity contribution is 0.0953. The van der Waals surface area contributed by atoms with Crippen LogP contribution in [0.15, 0.2) is 36.7 Å². The van der Waals surface area contributed by atoms with Crippen molar-refractivity contribution in [3.05, 3.63) is 47.8 Å². The van der Waals surface area contributed by atoms with Crippen molar-refractivity contribution in [3.8, 4) is 11.5 Å². The number of hydrogen-bond acceptors (Lipinski definition) is 5. The maximum atomic E-state index is 12.1. The molecule has 0 aliphatic heterocycles. The van der Waals surface area contributed by atoms with E-state index in [1.54, 1.807) is 26.6 Å². The molecule has 1 aromatic heterocycles. The highest BCUT2D eigenvalue weighted by Gasteiger charge is 2.07. The highest BCUT2D eigenvalue weighted by atomic mass is 16.5. The van der Waals surface area contributed by atoms with Gasteiger partial charge in [0.15, 0.2) is 11.5 Å². The summed E-state index contributed by atoms with van der Waals surface area (Å²) in [5, 5.41) is 6.21. The maximum absolute atomic E-state index is 12.1. The molecule has 2 N–H and O–H groups in total. The molecule has 1 aromatic carbocycles. The fourth-order valence-electron chi connectivity index (χ4n) is 2.53. The van der Waals surface area contributed by atoms with E-state index in [1.807, 2.05) is 24.3 Å². The van der Waals surface area contributed by atoms with Crippen molar-refractivity contribution in [2.24, 2.45) is 0 Å². The number of carbonyl (C=O) groups is 1. The van der Waals surface area contributed by atoms with Gasteiger partial charge in [-0.3, -0.25) is 9.78 Å². The Morgan fingerprint density at radius 3 is 2.62 bits per heavy atom. The van der Waals surface area contributed by atoms with E-state index in [1.165, 1.54) is 0 Å². The second-order valence-corrected chi connectivity index (χ2v) is 5.94. The van der Waals surface area contributed by atoms with Crippen LogP contribution in [0.3, 0.4) is 0 Å². The summed E-state index contributed by atoms with van der Waals surface area (Å²) in [5.41, 5.74) is 2.53. The molecule has 2 rings (SSSR count). The number of unbranched alkanes of at least 4 members (excludes halogenated alkanes) is 1. The number of methoxy groups -OCH3 is 2. The second-order valence-electron chi connectivity index (χ2n) is 5.94. The van der Waals surface area contributed by atoms with E-state index in [2.05, 4.69) is 22.5 Å². The Bertz CT molecular complexity index is 719. The first-order valence-electron chi connectivity index (χ1n) is 8.86. The minimum absolute atomic E-state index is 0.0884. The van der Waals surface area contributed by atoms with E-state index in [4.69, 9.17) is 9.47 Å². The molecule has 0 saturated carbocycles. The highest BCUT2D eigenvalue weighted by Crippen LogP contribution is 2.27. The van der Waals surface area contributed by atoms with Gasteiger partial charge in [0.25, 0.3) is 5.91 Å². The fourth-order valence-corrected chi connectivity index (χ4v) is 2.53. The third-order valence-electron chi connectivity index (χ3n) is 4.01. The van der Waals surface area contributed by atoms with Gasteiger partial charge in [-0.1, -0.05) is 19.4 Å². The van der Waals surface area contributed by atoms with Crippen molar-refractivity contribution in [2.45, 2.75) is 26.2 Å². The van der Waals surface area contributed by atoms with Crippen LogP contribution in [-0.2, 0) is 6.42 Å². The first-order valence-corrected chi connectivity index (χ1v) is 8.86. The maximum Gasteiger partial charge on any atom is 0.252 e. The number of rotatable bonds is 10. The summed E-state index contributed by atoms with van der Waals surface area (Å²) >= 11 is 0. The molecular weight excluding hydrogens is 330 g/mol. The van der Waals surface area contributed by atoms with E-state index >= 15 is 0 Å². The van der Waals surface area contributed by atoms with E-state index in [-0.39, 0.29) is 5.91 Å². The first-order chi connectivity index (χ1) is 12.7. The molecule has 6 heteroatoms. The van der Waals surface area contributed by atoms with Gasteiger partial charge in [0.2, 0.25) is 0 Å². The smallest absolute Gasteiger partial charge is 0.252 e. The average Bonchev–Trinajstić information content (AvgIpc) is 2.68. The van der Waals surface area contributed by atoms with Gasteiger partial charge in [-0.25, -0.2) is 0 Å². The summed E-state index contributed by atoms with van der Waals surface area (Å²) < 4.78 is 10.6. The van der Waals surface area contributed by atoms with Crippen molar-refractivity contribution in [2.75, 3.05) is 32.6 Å². The Morgan fingerprint density at radius 2 is 1.88 bits per heavy atom. The van der Waals surface area contributed by atoms with Crippen LogP contribution < -0.4 is 20.1 Å². The molecule has 0 saturated heterocycles. The third kappa shape index (κ3) is 5.65. The Labute approximate surface area is 154 Å². The van der Waals surface area contributed by atoms with Gasteiger partial charge < -0.3 is 20.1 Å². The number of nitrogens with one attached hydrogen (secondary N) is 2. The zero-order valence-electron chi connectivity index (χ0n) is 15.7. The standard InChI is InChI=1S/C20H27N3O3/c1-4-5-9-23-20(24)16-12-17(14-21-13-16)22-10-8-15-6-7-18(25-2)19(11-15)26-3/h6-7,11-14,22H,4-5,8-10H2,1-3H3,(H,23,24). The molecule has 0 aliphatic carbocycles. The predicted molar refractivity (Wildman–Crippen MR) is 103 cm³/mol. The van der Waals surface area contributed by atoms with Crippen LogP contribution in [0, 0.1) is 0 Å². The first kappa shape index (κ1) is 19.6. The van der Waals surface area contributed by atoms with Gasteiger partial charge in [0.1, 0.15) is 0 Å². The van der Waals surface area contributed by atoms with Gasteiger partial charge >= 0.3 is 0 Å². The Kier molecular flexibility index (Phi) is 7.74. The monoisotopic (exact) mass is 357 g/mol. The number of amides is 1. The molecule has 0 unspecified atom stereocenters. The topological polar surface area (TPSA) is 72.5 Å². The van der Waals surface area contributed by atoms with Crippen LogP contribution >= 0.6 is 0 Å². The summed E-state index contributed by atoms with van der Waals surface area (Å²) in [6.45, 7) is 3.50. The molecule has 0 spiro atoms. The fraction of sp³-hybridized carbons (Fsp3) is 0.400. The molecule has 6 nitrogen and oxygen atoms in total. The minimum atomic E-state index is -0.0884. The molecule has 1 heterocycles. The molecule has 0 bridgehead atoms. The lowest BCUT2D eigenvalue weighted by Gasteiger charge is -2.11. The molecule has 26 heavy (non-hydrogen) atoms. The number of anilines is 1.